The third kappa shape index (κ3) is 5.84. The van der Waals surface area contributed by atoms with Crippen LogP contribution in [0.1, 0.15) is 50.7 Å². The van der Waals surface area contributed by atoms with Gasteiger partial charge in [0.1, 0.15) is 17.1 Å². The highest BCUT2D eigenvalue weighted by Crippen LogP contribution is 2.30. The summed E-state index contributed by atoms with van der Waals surface area (Å²) < 4.78 is 22.0. The summed E-state index contributed by atoms with van der Waals surface area (Å²) in [6.07, 6.45) is 6.56. The van der Waals surface area contributed by atoms with Crippen molar-refractivity contribution >= 4 is 23.5 Å². The number of halogens is 1. The number of urea groups is 1. The SMILES string of the molecule is CC(C)(C)OC(=O)N1CCC(c2ccc(NC(=O)NCc3ccn4ccnc4c3)c(F)c2)CC1. The molecule has 8 nitrogen and oxygen atoms in total. The molecule has 1 aliphatic heterocycles. The van der Waals surface area contributed by atoms with Crippen LogP contribution in [0.4, 0.5) is 19.7 Å². The molecule has 0 unspecified atom stereocenters. The molecule has 3 amide bonds. The molecule has 9 heteroatoms. The van der Waals surface area contributed by atoms with Crippen LogP contribution >= 0.6 is 0 Å². The fourth-order valence-corrected chi connectivity index (χ4v) is 4.02. The van der Waals surface area contributed by atoms with Gasteiger partial charge < -0.3 is 24.7 Å². The standard InChI is InChI=1S/C25H30FN5O3/c1-25(2,3)34-24(33)31-11-7-18(8-12-31)19-4-5-21(20(26)15-19)29-23(32)28-16-17-6-10-30-13-9-27-22(30)14-17/h4-6,9-10,13-15,18H,7-8,11-12,16H2,1-3H3,(H2,28,29,32). The molecule has 0 saturated carbocycles. The molecule has 4 rings (SSSR count). The van der Waals surface area contributed by atoms with Crippen LogP contribution < -0.4 is 10.6 Å². The van der Waals surface area contributed by atoms with Crippen LogP contribution in [-0.2, 0) is 11.3 Å². The van der Waals surface area contributed by atoms with E-state index in [1.54, 1.807) is 17.2 Å². The van der Waals surface area contributed by atoms with E-state index in [1.807, 2.05) is 55.8 Å². The minimum atomic E-state index is -0.528. The number of piperidine rings is 1. The van der Waals surface area contributed by atoms with Crippen molar-refractivity contribution in [2.24, 2.45) is 0 Å². The van der Waals surface area contributed by atoms with E-state index in [9.17, 15) is 14.0 Å². The van der Waals surface area contributed by atoms with E-state index in [0.717, 1.165) is 29.6 Å². The van der Waals surface area contributed by atoms with Gasteiger partial charge in [0.15, 0.2) is 0 Å². The molecule has 1 aliphatic rings. The topological polar surface area (TPSA) is 88.0 Å². The number of amides is 3. The normalized spacial score (nSPS) is 14.8. The van der Waals surface area contributed by atoms with Gasteiger partial charge in [-0.1, -0.05) is 6.07 Å². The first-order valence-corrected chi connectivity index (χ1v) is 11.4. The van der Waals surface area contributed by atoms with E-state index in [1.165, 1.54) is 6.07 Å². The van der Waals surface area contributed by atoms with Crippen molar-refractivity contribution in [2.45, 2.75) is 51.7 Å². The van der Waals surface area contributed by atoms with Gasteiger partial charge in [0.25, 0.3) is 0 Å². The number of aromatic nitrogens is 2. The first kappa shape index (κ1) is 23.5. The van der Waals surface area contributed by atoms with Gasteiger partial charge in [-0.3, -0.25) is 0 Å². The fraction of sp³-hybridized carbons (Fsp3) is 0.400. The maximum Gasteiger partial charge on any atom is 0.410 e. The number of imidazole rings is 1. The highest BCUT2D eigenvalue weighted by atomic mass is 19.1. The van der Waals surface area contributed by atoms with Crippen LogP contribution in [0.15, 0.2) is 48.9 Å². The van der Waals surface area contributed by atoms with Crippen molar-refractivity contribution < 1.29 is 18.7 Å². The number of carbonyl (C=O) groups excluding carboxylic acids is 2. The highest BCUT2D eigenvalue weighted by molar-refractivity contribution is 5.89. The molecule has 180 valence electrons. The van der Waals surface area contributed by atoms with Crippen LogP contribution in [0, 0.1) is 5.82 Å². The zero-order valence-electron chi connectivity index (χ0n) is 19.7. The summed E-state index contributed by atoms with van der Waals surface area (Å²) in [5.74, 6) is -0.338. The van der Waals surface area contributed by atoms with Crippen LogP contribution in [0.3, 0.4) is 0 Å². The smallest absolute Gasteiger partial charge is 0.410 e. The highest BCUT2D eigenvalue weighted by Gasteiger charge is 2.27. The Morgan fingerprint density at radius 1 is 1.15 bits per heavy atom. The van der Waals surface area contributed by atoms with Crippen molar-refractivity contribution in [3.63, 3.8) is 0 Å². The molecule has 3 aromatic rings. The number of nitrogens with one attached hydrogen (secondary N) is 2. The zero-order valence-corrected chi connectivity index (χ0v) is 19.7. The molecular weight excluding hydrogens is 437 g/mol. The second kappa shape index (κ2) is 9.70. The van der Waals surface area contributed by atoms with Crippen molar-refractivity contribution in [1.82, 2.24) is 19.6 Å². The Morgan fingerprint density at radius 2 is 1.91 bits per heavy atom. The average molecular weight is 468 g/mol. The zero-order chi connectivity index (χ0) is 24.3. The third-order valence-corrected chi connectivity index (χ3v) is 5.77. The van der Waals surface area contributed by atoms with E-state index in [4.69, 9.17) is 4.74 Å². The lowest BCUT2D eigenvalue weighted by Gasteiger charge is -2.33. The molecule has 0 aliphatic carbocycles. The van der Waals surface area contributed by atoms with E-state index in [0.29, 0.717) is 19.6 Å². The number of likely N-dealkylation sites (tertiary alicyclic amines) is 1. The Kier molecular flexibility index (Phi) is 6.72. The summed E-state index contributed by atoms with van der Waals surface area (Å²) in [4.78, 5) is 30.4. The number of nitrogens with zero attached hydrogens (tertiary/aromatic N) is 3. The Morgan fingerprint density at radius 3 is 2.62 bits per heavy atom. The van der Waals surface area contributed by atoms with Gasteiger partial charge in [-0.05, 0) is 74.9 Å². The van der Waals surface area contributed by atoms with Gasteiger partial charge in [-0.15, -0.1) is 0 Å². The molecule has 0 spiro atoms. The number of rotatable bonds is 4. The quantitative estimate of drug-likeness (QED) is 0.571. The number of fused-ring (bicyclic) bond motifs is 1. The molecule has 3 heterocycles. The Bertz CT molecular complexity index is 1180. The van der Waals surface area contributed by atoms with E-state index >= 15 is 0 Å². The largest absolute Gasteiger partial charge is 0.444 e. The second-order valence-electron chi connectivity index (χ2n) is 9.52. The number of carbonyl (C=O) groups is 2. The molecule has 0 atom stereocenters. The molecule has 0 radical (unpaired) electrons. The van der Waals surface area contributed by atoms with Gasteiger partial charge in [0.05, 0.1) is 5.69 Å². The summed E-state index contributed by atoms with van der Waals surface area (Å²) >= 11 is 0. The molecule has 1 aromatic carbocycles. The number of hydrogen-bond acceptors (Lipinski definition) is 4. The summed E-state index contributed by atoms with van der Waals surface area (Å²) in [6, 6.07) is 8.16. The predicted molar refractivity (Wildman–Crippen MR) is 127 cm³/mol. The van der Waals surface area contributed by atoms with Crippen molar-refractivity contribution in [3.8, 4) is 0 Å². The van der Waals surface area contributed by atoms with Gasteiger partial charge in [-0.25, -0.2) is 19.0 Å². The van der Waals surface area contributed by atoms with Crippen LogP contribution in [0.2, 0.25) is 0 Å². The fourth-order valence-electron chi connectivity index (χ4n) is 4.02. The first-order chi connectivity index (χ1) is 16.2. The molecule has 34 heavy (non-hydrogen) atoms. The van der Waals surface area contributed by atoms with Crippen LogP contribution in [0.25, 0.3) is 5.65 Å². The van der Waals surface area contributed by atoms with E-state index in [2.05, 4.69) is 15.6 Å². The monoisotopic (exact) mass is 467 g/mol. The molecule has 1 saturated heterocycles. The number of benzene rings is 1. The summed E-state index contributed by atoms with van der Waals surface area (Å²) in [7, 11) is 0. The lowest BCUT2D eigenvalue weighted by molar-refractivity contribution is 0.0204. The lowest BCUT2D eigenvalue weighted by Crippen LogP contribution is -2.41. The summed E-state index contributed by atoms with van der Waals surface area (Å²) in [5.41, 5.74) is 2.14. The van der Waals surface area contributed by atoms with Crippen molar-refractivity contribution in [1.29, 1.82) is 0 Å². The lowest BCUT2D eigenvalue weighted by atomic mass is 9.89. The van der Waals surface area contributed by atoms with E-state index in [-0.39, 0.29) is 17.7 Å². The average Bonchev–Trinajstić information content (AvgIpc) is 3.26. The summed E-state index contributed by atoms with van der Waals surface area (Å²) in [5, 5.41) is 5.31. The Balaban J connectivity index is 1.29. The van der Waals surface area contributed by atoms with Crippen LogP contribution in [-0.4, -0.2) is 45.1 Å². The van der Waals surface area contributed by atoms with Crippen LogP contribution in [0.5, 0.6) is 0 Å². The van der Waals surface area contributed by atoms with Gasteiger partial charge in [0.2, 0.25) is 0 Å². The van der Waals surface area contributed by atoms with Gasteiger partial charge >= 0.3 is 12.1 Å². The predicted octanol–water partition coefficient (Wildman–Crippen LogP) is 4.91. The number of ether oxygens (including phenoxy) is 1. The van der Waals surface area contributed by atoms with Gasteiger partial charge in [0, 0.05) is 38.2 Å². The Hall–Kier alpha value is -3.62. The third-order valence-electron chi connectivity index (χ3n) is 5.77. The minimum absolute atomic E-state index is 0.121. The first-order valence-electron chi connectivity index (χ1n) is 11.4. The second-order valence-corrected chi connectivity index (χ2v) is 9.52. The molecule has 0 bridgehead atoms. The molecule has 2 N–H and O–H groups in total. The van der Waals surface area contributed by atoms with Gasteiger partial charge in [-0.2, -0.15) is 0 Å². The maximum absolute atomic E-state index is 14.7. The Labute approximate surface area is 198 Å². The number of anilines is 1. The number of hydrogen-bond donors (Lipinski definition) is 2. The minimum Gasteiger partial charge on any atom is -0.444 e. The molecule has 2 aromatic heterocycles. The maximum atomic E-state index is 14.7. The van der Waals surface area contributed by atoms with Crippen molar-refractivity contribution in [3.05, 3.63) is 65.9 Å². The molecule has 1 fully saturated rings. The summed E-state index contributed by atoms with van der Waals surface area (Å²) in [6.45, 7) is 6.95. The van der Waals surface area contributed by atoms with Crippen molar-refractivity contribution in [2.75, 3.05) is 18.4 Å². The molecular formula is C25H30FN5O3. The van der Waals surface area contributed by atoms with E-state index < -0.39 is 17.4 Å². The number of pyridine rings is 1.